The number of anilines is 1. The van der Waals surface area contributed by atoms with Gasteiger partial charge in [0.15, 0.2) is 0 Å². The summed E-state index contributed by atoms with van der Waals surface area (Å²) in [5.74, 6) is -1.96. The number of benzene rings is 1. The zero-order valence-corrected chi connectivity index (χ0v) is 20.8. The van der Waals surface area contributed by atoms with Crippen LogP contribution in [0.15, 0.2) is 65.0 Å². The number of halogens is 2. The molecule has 1 unspecified atom stereocenters. The zero-order chi connectivity index (χ0) is 25.5. The van der Waals surface area contributed by atoms with Crippen LogP contribution >= 0.6 is 0 Å². The molecule has 2 N–H and O–H groups in total. The molecule has 6 nitrogen and oxygen atoms in total. The minimum absolute atomic E-state index is 0.0114. The Labute approximate surface area is 206 Å². The Morgan fingerprint density at radius 1 is 1.34 bits per heavy atom. The largest absolute Gasteiger partial charge is 0.426 e. The number of aliphatic imine (C=N–C) groups is 1. The maximum absolute atomic E-state index is 14.9. The number of carbonyl (C=O) groups excluding carboxylic acids is 1. The van der Waals surface area contributed by atoms with Crippen molar-refractivity contribution in [2.45, 2.75) is 52.0 Å². The van der Waals surface area contributed by atoms with E-state index in [1.165, 1.54) is 12.1 Å². The minimum atomic E-state index is -0.850. The maximum Gasteiger partial charge on any atom is 0.290 e. The number of hydrogen-bond donors (Lipinski definition) is 2. The van der Waals surface area contributed by atoms with Crippen molar-refractivity contribution in [3.63, 3.8) is 0 Å². The first kappa shape index (κ1) is 26.2. The highest BCUT2D eigenvalue weighted by atomic mass is 19.1. The lowest BCUT2D eigenvalue weighted by Gasteiger charge is -2.41. The third-order valence-electron chi connectivity index (χ3n) is 6.06. The molecule has 3 rings (SSSR count). The molecular formula is C27H34F2N4O2. The van der Waals surface area contributed by atoms with Gasteiger partial charge in [-0.2, -0.15) is 0 Å². The van der Waals surface area contributed by atoms with Crippen LogP contribution in [0, 0.1) is 11.6 Å². The highest BCUT2D eigenvalue weighted by Gasteiger charge is 2.33. The topological polar surface area (TPSA) is 66.0 Å². The number of amidine groups is 1. The third-order valence-corrected chi connectivity index (χ3v) is 6.06. The Hall–Kier alpha value is -3.42. The Bertz CT molecular complexity index is 1060. The molecule has 0 radical (unpaired) electrons. The summed E-state index contributed by atoms with van der Waals surface area (Å²) in [4.78, 5) is 18.3. The second-order valence-electron chi connectivity index (χ2n) is 8.74. The highest BCUT2D eigenvalue weighted by molar-refractivity contribution is 5.86. The van der Waals surface area contributed by atoms with Gasteiger partial charge in [-0.1, -0.05) is 31.7 Å². The van der Waals surface area contributed by atoms with E-state index < -0.39 is 23.5 Å². The van der Waals surface area contributed by atoms with Gasteiger partial charge in [0.1, 0.15) is 17.4 Å². The minimum Gasteiger partial charge on any atom is -0.426 e. The number of nitrogens with zero attached hydrogens (tertiary/aromatic N) is 2. The second kappa shape index (κ2) is 11.8. The normalized spacial score (nSPS) is 20.2. The zero-order valence-electron chi connectivity index (χ0n) is 20.8. The molecular weight excluding hydrogens is 450 g/mol. The molecule has 2 aliphatic rings. The van der Waals surface area contributed by atoms with E-state index in [0.717, 1.165) is 17.8 Å². The lowest BCUT2D eigenvalue weighted by atomic mass is 9.88. The maximum atomic E-state index is 14.9. The van der Waals surface area contributed by atoms with Gasteiger partial charge >= 0.3 is 0 Å². The molecule has 8 heteroatoms. The summed E-state index contributed by atoms with van der Waals surface area (Å²) in [5.41, 5.74) is 1.81. The summed E-state index contributed by atoms with van der Waals surface area (Å²) < 4.78 is 35.8. The Morgan fingerprint density at radius 3 is 2.60 bits per heavy atom. The fraction of sp³-hybridized carbons (Fsp3) is 0.407. The summed E-state index contributed by atoms with van der Waals surface area (Å²) in [7, 11) is 1.65. The van der Waals surface area contributed by atoms with Gasteiger partial charge in [-0.25, -0.2) is 13.8 Å². The number of ether oxygens (including phenoxy) is 1. The number of hydrogen-bond acceptors (Lipinski definition) is 4. The molecule has 1 atom stereocenters. The summed E-state index contributed by atoms with van der Waals surface area (Å²) in [6.45, 7) is 10.7. The average Bonchev–Trinajstić information content (AvgIpc) is 2.78. The fourth-order valence-corrected chi connectivity index (χ4v) is 4.13. The van der Waals surface area contributed by atoms with Crippen LogP contribution in [0.25, 0.3) is 0 Å². The van der Waals surface area contributed by atoms with E-state index >= 15 is 0 Å². The molecule has 0 saturated carbocycles. The van der Waals surface area contributed by atoms with Crippen LogP contribution in [0.4, 0.5) is 14.5 Å². The first-order chi connectivity index (χ1) is 16.8. The van der Waals surface area contributed by atoms with Crippen LogP contribution in [-0.4, -0.2) is 38.1 Å². The monoisotopic (exact) mass is 484 g/mol. The highest BCUT2D eigenvalue weighted by Crippen LogP contribution is 2.34. The van der Waals surface area contributed by atoms with Crippen molar-refractivity contribution in [1.29, 1.82) is 0 Å². The van der Waals surface area contributed by atoms with Crippen LogP contribution in [0.3, 0.4) is 0 Å². The molecule has 0 bridgehead atoms. The molecule has 0 aromatic heterocycles. The van der Waals surface area contributed by atoms with E-state index in [4.69, 9.17) is 4.74 Å². The van der Waals surface area contributed by atoms with Crippen molar-refractivity contribution in [2.24, 2.45) is 4.99 Å². The van der Waals surface area contributed by atoms with E-state index in [9.17, 15) is 13.6 Å². The van der Waals surface area contributed by atoms with Gasteiger partial charge in [0.2, 0.25) is 5.91 Å². The van der Waals surface area contributed by atoms with Gasteiger partial charge < -0.3 is 20.3 Å². The van der Waals surface area contributed by atoms with Crippen molar-refractivity contribution in [2.75, 3.05) is 25.0 Å². The van der Waals surface area contributed by atoms with E-state index in [0.29, 0.717) is 43.3 Å². The van der Waals surface area contributed by atoms with E-state index in [1.807, 2.05) is 50.0 Å². The predicted octanol–water partition coefficient (Wildman–Crippen LogP) is 5.07. The van der Waals surface area contributed by atoms with Crippen LogP contribution in [0.1, 0.15) is 51.5 Å². The lowest BCUT2D eigenvalue weighted by Crippen LogP contribution is -2.59. The number of rotatable bonds is 7. The molecule has 0 spiro atoms. The SMILES string of the molecule is C=C1CCC(c2c(F)cc(N3CC(NC(=NC)OC(=C/CC)/C(C)=C/C=C\C)C3)cc2F)C(=O)N1. The second-order valence-corrected chi connectivity index (χ2v) is 8.74. The quantitative estimate of drug-likeness (QED) is 0.246. The van der Waals surface area contributed by atoms with Crippen LogP contribution in [0.2, 0.25) is 0 Å². The van der Waals surface area contributed by atoms with E-state index in [-0.39, 0.29) is 11.6 Å². The molecule has 188 valence electrons. The van der Waals surface area contributed by atoms with E-state index in [2.05, 4.69) is 22.2 Å². The van der Waals surface area contributed by atoms with Crippen LogP contribution in [-0.2, 0) is 9.53 Å². The van der Waals surface area contributed by atoms with Crippen LogP contribution < -0.4 is 15.5 Å². The van der Waals surface area contributed by atoms with Crippen molar-refractivity contribution in [1.82, 2.24) is 10.6 Å². The van der Waals surface area contributed by atoms with Gasteiger partial charge in [-0.05, 0) is 56.9 Å². The summed E-state index contributed by atoms with van der Waals surface area (Å²) >= 11 is 0. The van der Waals surface area contributed by atoms with Gasteiger partial charge in [0, 0.05) is 37.1 Å². The molecule has 2 saturated heterocycles. The predicted molar refractivity (Wildman–Crippen MR) is 136 cm³/mol. The molecule has 0 aliphatic carbocycles. The summed E-state index contributed by atoms with van der Waals surface area (Å²) in [5, 5.41) is 5.85. The first-order valence-corrected chi connectivity index (χ1v) is 11.9. The third kappa shape index (κ3) is 6.38. The molecule has 2 heterocycles. The number of piperidine rings is 1. The van der Waals surface area contributed by atoms with Crippen LogP contribution in [0.5, 0.6) is 0 Å². The summed E-state index contributed by atoms with van der Waals surface area (Å²) in [6, 6.07) is 3.00. The van der Waals surface area contributed by atoms with Gasteiger partial charge in [-0.3, -0.25) is 4.79 Å². The summed E-state index contributed by atoms with van der Waals surface area (Å²) in [6.07, 6.45) is 9.51. The van der Waals surface area contributed by atoms with Crippen molar-refractivity contribution >= 4 is 17.6 Å². The van der Waals surface area contributed by atoms with Crippen molar-refractivity contribution in [3.8, 4) is 0 Å². The molecule has 35 heavy (non-hydrogen) atoms. The van der Waals surface area contributed by atoms with Crippen molar-refractivity contribution in [3.05, 3.63) is 77.2 Å². The lowest BCUT2D eigenvalue weighted by molar-refractivity contribution is -0.123. The number of nitrogens with one attached hydrogen (secondary N) is 2. The van der Waals surface area contributed by atoms with Crippen molar-refractivity contribution < 1.29 is 18.3 Å². The first-order valence-electron chi connectivity index (χ1n) is 11.9. The Morgan fingerprint density at radius 2 is 2.03 bits per heavy atom. The molecule has 2 aliphatic heterocycles. The smallest absolute Gasteiger partial charge is 0.290 e. The standard InChI is InChI=1S/C27H34F2N4O2/c1-6-8-10-17(3)24(9-7-2)35-27(30-5)32-19-15-33(16-19)20-13-22(28)25(23(29)14-20)21-12-11-18(4)31-26(21)34/h6,8-10,13-14,19,21H,4,7,11-12,15-16H2,1-3,5H3,(H,30,32)(H,31,34)/b8-6-,17-10+,24-9+. The van der Waals surface area contributed by atoms with Gasteiger partial charge in [0.25, 0.3) is 6.02 Å². The molecule has 1 aromatic rings. The Kier molecular flexibility index (Phi) is 8.84. The fourth-order valence-electron chi connectivity index (χ4n) is 4.13. The van der Waals surface area contributed by atoms with E-state index in [1.54, 1.807) is 7.05 Å². The average molecular weight is 485 g/mol. The Balaban J connectivity index is 1.63. The molecule has 1 amide bonds. The number of amides is 1. The van der Waals surface area contributed by atoms with Gasteiger partial charge in [0.05, 0.1) is 12.0 Å². The number of allylic oxidation sites excluding steroid dienone is 6. The van der Waals surface area contributed by atoms with Gasteiger partial charge in [-0.15, -0.1) is 0 Å². The number of carbonyl (C=O) groups is 1. The molecule has 1 aromatic carbocycles. The molecule has 2 fully saturated rings.